The standard InChI is InChI=1S/C16H16F2N2O2S.ClH/c17-13-7-4-8-15(16(13)18)23(21,22)20-9-12(14(19)10-20)11-5-2-1-3-6-11;/h1-8,12,14H,9-10,19H2;1H/t12-,14+;/m0./s1. The predicted octanol–water partition coefficient (Wildman–Crippen LogP) is 2.50. The van der Waals surface area contributed by atoms with Crippen molar-refractivity contribution in [3.8, 4) is 0 Å². The minimum Gasteiger partial charge on any atom is -0.326 e. The first kappa shape index (κ1) is 18.8. The Morgan fingerprint density at radius 1 is 1.00 bits per heavy atom. The van der Waals surface area contributed by atoms with E-state index in [1.807, 2.05) is 30.3 Å². The Balaban J connectivity index is 0.00000208. The van der Waals surface area contributed by atoms with Crippen molar-refractivity contribution in [1.82, 2.24) is 4.31 Å². The molecule has 4 nitrogen and oxygen atoms in total. The van der Waals surface area contributed by atoms with E-state index in [9.17, 15) is 17.2 Å². The van der Waals surface area contributed by atoms with Gasteiger partial charge in [0.2, 0.25) is 10.0 Å². The highest BCUT2D eigenvalue weighted by atomic mass is 35.5. The monoisotopic (exact) mass is 374 g/mol. The first-order valence-electron chi connectivity index (χ1n) is 7.16. The van der Waals surface area contributed by atoms with Gasteiger partial charge in [-0.25, -0.2) is 17.2 Å². The molecule has 0 spiro atoms. The summed E-state index contributed by atoms with van der Waals surface area (Å²) < 4.78 is 53.5. The molecular weight excluding hydrogens is 358 g/mol. The van der Waals surface area contributed by atoms with Crippen molar-refractivity contribution in [2.75, 3.05) is 13.1 Å². The molecule has 1 saturated heterocycles. The number of benzene rings is 2. The van der Waals surface area contributed by atoms with Crippen LogP contribution in [0.5, 0.6) is 0 Å². The van der Waals surface area contributed by atoms with E-state index in [4.69, 9.17) is 5.73 Å². The predicted molar refractivity (Wildman–Crippen MR) is 89.5 cm³/mol. The highest BCUT2D eigenvalue weighted by Gasteiger charge is 2.39. The largest absolute Gasteiger partial charge is 0.326 e. The zero-order valence-corrected chi connectivity index (χ0v) is 14.2. The van der Waals surface area contributed by atoms with Crippen molar-refractivity contribution in [2.45, 2.75) is 16.9 Å². The fourth-order valence-electron chi connectivity index (χ4n) is 2.86. The Labute approximate surface area is 145 Å². The molecule has 1 aliphatic rings. The van der Waals surface area contributed by atoms with Crippen molar-refractivity contribution in [3.05, 3.63) is 65.7 Å². The SMILES string of the molecule is Cl.N[C@@H]1CN(S(=O)(=O)c2cccc(F)c2F)C[C@H]1c1ccccc1. The third-order valence-electron chi connectivity index (χ3n) is 4.09. The molecule has 1 aliphatic heterocycles. The van der Waals surface area contributed by atoms with Crippen LogP contribution in [0.3, 0.4) is 0 Å². The van der Waals surface area contributed by atoms with Gasteiger partial charge in [0.1, 0.15) is 4.90 Å². The zero-order chi connectivity index (χ0) is 16.6. The van der Waals surface area contributed by atoms with Crippen molar-refractivity contribution in [2.24, 2.45) is 5.73 Å². The number of nitrogens with two attached hydrogens (primary N) is 1. The van der Waals surface area contributed by atoms with Gasteiger partial charge in [-0.05, 0) is 17.7 Å². The maximum atomic E-state index is 13.9. The number of hydrogen-bond donors (Lipinski definition) is 1. The van der Waals surface area contributed by atoms with Gasteiger partial charge in [-0.2, -0.15) is 4.31 Å². The van der Waals surface area contributed by atoms with Crippen molar-refractivity contribution < 1.29 is 17.2 Å². The second-order valence-corrected chi connectivity index (χ2v) is 7.46. The molecule has 2 N–H and O–H groups in total. The summed E-state index contributed by atoms with van der Waals surface area (Å²) in [5.74, 6) is -2.72. The van der Waals surface area contributed by atoms with Crippen molar-refractivity contribution in [3.63, 3.8) is 0 Å². The van der Waals surface area contributed by atoms with Crippen LogP contribution < -0.4 is 5.73 Å². The van der Waals surface area contributed by atoms with Crippen LogP contribution in [-0.4, -0.2) is 31.9 Å². The first-order valence-corrected chi connectivity index (χ1v) is 8.60. The highest BCUT2D eigenvalue weighted by molar-refractivity contribution is 7.89. The Morgan fingerprint density at radius 3 is 2.33 bits per heavy atom. The summed E-state index contributed by atoms with van der Waals surface area (Å²) in [6.45, 7) is 0.210. The average molecular weight is 375 g/mol. The second kappa shape index (κ2) is 7.14. The molecule has 0 unspecified atom stereocenters. The lowest BCUT2D eigenvalue weighted by Crippen LogP contribution is -2.32. The summed E-state index contributed by atoms with van der Waals surface area (Å²) in [6.07, 6.45) is 0. The van der Waals surface area contributed by atoms with Gasteiger partial charge in [-0.15, -0.1) is 12.4 Å². The maximum absolute atomic E-state index is 13.9. The Bertz CT molecular complexity index is 818. The van der Waals surface area contributed by atoms with Gasteiger partial charge in [-0.3, -0.25) is 0 Å². The number of halogens is 3. The maximum Gasteiger partial charge on any atom is 0.246 e. The van der Waals surface area contributed by atoms with E-state index in [-0.39, 0.29) is 31.4 Å². The van der Waals surface area contributed by atoms with E-state index in [0.717, 1.165) is 22.0 Å². The van der Waals surface area contributed by atoms with Crippen LogP contribution >= 0.6 is 12.4 Å². The number of hydrogen-bond acceptors (Lipinski definition) is 3. The third kappa shape index (κ3) is 3.30. The molecule has 0 aromatic heterocycles. The molecule has 2 aromatic rings. The third-order valence-corrected chi connectivity index (χ3v) is 5.94. The lowest BCUT2D eigenvalue weighted by molar-refractivity contribution is 0.449. The zero-order valence-electron chi connectivity index (χ0n) is 12.6. The minimum absolute atomic E-state index is 0. The molecule has 8 heteroatoms. The van der Waals surface area contributed by atoms with E-state index in [1.54, 1.807) is 0 Å². The molecule has 0 aliphatic carbocycles. The van der Waals surface area contributed by atoms with E-state index < -0.39 is 32.6 Å². The van der Waals surface area contributed by atoms with E-state index in [1.165, 1.54) is 6.07 Å². The Morgan fingerprint density at radius 2 is 1.67 bits per heavy atom. The van der Waals surface area contributed by atoms with Gasteiger partial charge in [0.15, 0.2) is 11.6 Å². The van der Waals surface area contributed by atoms with Gasteiger partial charge in [0, 0.05) is 25.0 Å². The van der Waals surface area contributed by atoms with Crippen LogP contribution in [0.15, 0.2) is 53.4 Å². The second-order valence-electron chi connectivity index (χ2n) is 5.56. The van der Waals surface area contributed by atoms with Crippen LogP contribution in [0, 0.1) is 11.6 Å². The quantitative estimate of drug-likeness (QED) is 0.897. The molecule has 0 amide bonds. The van der Waals surface area contributed by atoms with Gasteiger partial charge >= 0.3 is 0 Å². The summed E-state index contributed by atoms with van der Waals surface area (Å²) in [5, 5.41) is 0. The van der Waals surface area contributed by atoms with Gasteiger partial charge < -0.3 is 5.73 Å². The molecule has 0 saturated carbocycles. The summed E-state index contributed by atoms with van der Waals surface area (Å²) in [5.41, 5.74) is 7.00. The van der Waals surface area contributed by atoms with Crippen LogP contribution in [-0.2, 0) is 10.0 Å². The molecule has 2 atom stereocenters. The molecule has 0 bridgehead atoms. The van der Waals surface area contributed by atoms with Crippen LogP contribution in [0.1, 0.15) is 11.5 Å². The number of nitrogens with zero attached hydrogens (tertiary/aromatic N) is 1. The molecular formula is C16H17ClF2N2O2S. The summed E-state index contributed by atoms with van der Waals surface area (Å²) >= 11 is 0. The molecule has 2 aromatic carbocycles. The van der Waals surface area contributed by atoms with Crippen LogP contribution in [0.4, 0.5) is 8.78 Å². The Kier molecular flexibility index (Phi) is 5.59. The number of sulfonamides is 1. The lowest BCUT2D eigenvalue weighted by atomic mass is 9.95. The average Bonchev–Trinajstić information content (AvgIpc) is 2.93. The molecule has 0 radical (unpaired) electrons. The van der Waals surface area contributed by atoms with Gasteiger partial charge in [0.05, 0.1) is 0 Å². The van der Waals surface area contributed by atoms with Crippen molar-refractivity contribution in [1.29, 1.82) is 0 Å². The van der Waals surface area contributed by atoms with E-state index >= 15 is 0 Å². The van der Waals surface area contributed by atoms with Crippen molar-refractivity contribution >= 4 is 22.4 Å². The fraction of sp³-hybridized carbons (Fsp3) is 0.250. The highest BCUT2D eigenvalue weighted by Crippen LogP contribution is 2.31. The summed E-state index contributed by atoms with van der Waals surface area (Å²) in [4.78, 5) is -0.654. The molecule has 1 fully saturated rings. The topological polar surface area (TPSA) is 63.4 Å². The first-order chi connectivity index (χ1) is 10.9. The normalized spacial score (nSPS) is 21.5. The Hall–Kier alpha value is -1.54. The van der Waals surface area contributed by atoms with Crippen LogP contribution in [0.2, 0.25) is 0 Å². The molecule has 130 valence electrons. The fourth-order valence-corrected chi connectivity index (χ4v) is 4.44. The minimum atomic E-state index is -4.13. The summed E-state index contributed by atoms with van der Waals surface area (Å²) in [7, 11) is -4.13. The smallest absolute Gasteiger partial charge is 0.246 e. The number of rotatable bonds is 3. The molecule has 24 heavy (non-hydrogen) atoms. The molecule has 1 heterocycles. The lowest BCUT2D eigenvalue weighted by Gasteiger charge is -2.17. The molecule has 3 rings (SSSR count). The van der Waals surface area contributed by atoms with E-state index in [2.05, 4.69) is 0 Å². The van der Waals surface area contributed by atoms with Crippen LogP contribution in [0.25, 0.3) is 0 Å². The summed E-state index contributed by atoms with van der Waals surface area (Å²) in [6, 6.07) is 12.1. The van der Waals surface area contributed by atoms with Gasteiger partial charge in [-0.1, -0.05) is 36.4 Å². The van der Waals surface area contributed by atoms with Gasteiger partial charge in [0.25, 0.3) is 0 Å². The van der Waals surface area contributed by atoms with E-state index in [0.29, 0.717) is 0 Å².